The molecule has 1 N–H and O–H groups in total. The molecule has 1 fully saturated rings. The van der Waals surface area contributed by atoms with E-state index in [1.54, 1.807) is 0 Å². The summed E-state index contributed by atoms with van der Waals surface area (Å²) in [6.45, 7) is 6.21. The van der Waals surface area contributed by atoms with Gasteiger partial charge in [0.2, 0.25) is 5.91 Å². The topological polar surface area (TPSA) is 64.6 Å². The zero-order chi connectivity index (χ0) is 13.2. The van der Waals surface area contributed by atoms with Crippen LogP contribution in [0.5, 0.6) is 0 Å². The molecule has 0 spiro atoms. The largest absolute Gasteiger partial charge is 0.441 e. The van der Waals surface area contributed by atoms with E-state index in [0.29, 0.717) is 0 Å². The van der Waals surface area contributed by atoms with Gasteiger partial charge in [-0.25, -0.2) is 4.39 Å². The molecule has 1 heterocycles. The SMILES string of the molecule is CC(=O)O[C@H]1NC(=O)[C@@H]1[C@@H](CF)O[Si](C)(C)C. The average Bonchev–Trinajstić information content (AvgIpc) is 2.12. The number of alkyl halides is 1. The third kappa shape index (κ3) is 3.78. The van der Waals surface area contributed by atoms with E-state index in [-0.39, 0.29) is 5.91 Å². The van der Waals surface area contributed by atoms with Gasteiger partial charge in [0.25, 0.3) is 0 Å². The molecule has 1 aliphatic heterocycles. The number of hydrogen-bond acceptors (Lipinski definition) is 4. The zero-order valence-corrected chi connectivity index (χ0v) is 11.5. The first kappa shape index (κ1) is 14.1. The number of amides is 1. The fourth-order valence-corrected chi connectivity index (χ4v) is 2.79. The Morgan fingerprint density at radius 2 is 2.12 bits per heavy atom. The normalized spacial score (nSPS) is 25.8. The van der Waals surface area contributed by atoms with E-state index in [9.17, 15) is 14.0 Å². The van der Waals surface area contributed by atoms with Crippen molar-refractivity contribution in [1.29, 1.82) is 0 Å². The van der Waals surface area contributed by atoms with Crippen LogP contribution in [-0.4, -0.2) is 39.2 Å². The van der Waals surface area contributed by atoms with Gasteiger partial charge in [0, 0.05) is 6.92 Å². The summed E-state index contributed by atoms with van der Waals surface area (Å²) in [5, 5.41) is 2.41. The first-order valence-corrected chi connectivity index (χ1v) is 8.87. The summed E-state index contributed by atoms with van der Waals surface area (Å²) in [6.07, 6.45) is -1.60. The highest BCUT2D eigenvalue weighted by molar-refractivity contribution is 6.69. The molecule has 0 aromatic rings. The lowest BCUT2D eigenvalue weighted by molar-refractivity contribution is -0.174. The zero-order valence-electron chi connectivity index (χ0n) is 10.5. The van der Waals surface area contributed by atoms with E-state index in [4.69, 9.17) is 9.16 Å². The first-order chi connectivity index (χ1) is 7.74. The molecule has 0 bridgehead atoms. The Bertz CT molecular complexity index is 318. The maximum atomic E-state index is 12.9. The third-order valence-corrected chi connectivity index (χ3v) is 3.27. The molecule has 3 atom stereocenters. The summed E-state index contributed by atoms with van der Waals surface area (Å²) in [5.74, 6) is -1.58. The number of β-lactam (4-membered cyclic amide) rings is 1. The lowest BCUT2D eigenvalue weighted by atomic mass is 9.93. The van der Waals surface area contributed by atoms with Crippen LogP contribution in [0.25, 0.3) is 0 Å². The van der Waals surface area contributed by atoms with Crippen molar-refractivity contribution in [3.63, 3.8) is 0 Å². The Morgan fingerprint density at radius 3 is 2.47 bits per heavy atom. The Kier molecular flexibility index (Phi) is 4.26. The van der Waals surface area contributed by atoms with Gasteiger partial charge >= 0.3 is 5.97 Å². The second kappa shape index (κ2) is 5.13. The van der Waals surface area contributed by atoms with Crippen molar-refractivity contribution >= 4 is 20.2 Å². The lowest BCUT2D eigenvalue weighted by Crippen LogP contribution is -2.65. The molecular formula is C10H18FNO4Si. The van der Waals surface area contributed by atoms with Crippen LogP contribution in [-0.2, 0) is 18.8 Å². The van der Waals surface area contributed by atoms with Crippen molar-refractivity contribution in [2.75, 3.05) is 6.67 Å². The van der Waals surface area contributed by atoms with Crippen LogP contribution < -0.4 is 5.32 Å². The Labute approximate surface area is 101 Å². The molecule has 98 valence electrons. The van der Waals surface area contributed by atoms with Crippen LogP contribution in [0.2, 0.25) is 19.6 Å². The highest BCUT2D eigenvalue weighted by Gasteiger charge is 2.48. The number of rotatable bonds is 5. The van der Waals surface area contributed by atoms with Crippen LogP contribution in [0.15, 0.2) is 0 Å². The minimum absolute atomic E-state index is 0.336. The minimum atomic E-state index is -1.95. The Balaban J connectivity index is 2.66. The highest BCUT2D eigenvalue weighted by Crippen LogP contribution is 2.25. The quantitative estimate of drug-likeness (QED) is 0.453. The van der Waals surface area contributed by atoms with E-state index >= 15 is 0 Å². The number of carbonyl (C=O) groups is 2. The van der Waals surface area contributed by atoms with Crippen LogP contribution in [0.4, 0.5) is 4.39 Å². The fourth-order valence-electron chi connectivity index (χ4n) is 1.67. The minimum Gasteiger partial charge on any atom is -0.441 e. The highest BCUT2D eigenvalue weighted by atomic mass is 28.4. The number of hydrogen-bond donors (Lipinski definition) is 1. The van der Waals surface area contributed by atoms with Crippen molar-refractivity contribution in [3.8, 4) is 0 Å². The summed E-state index contributed by atoms with van der Waals surface area (Å²) in [5.41, 5.74) is 0. The Morgan fingerprint density at radius 1 is 1.53 bits per heavy atom. The molecule has 1 amide bonds. The first-order valence-electron chi connectivity index (χ1n) is 5.46. The molecule has 0 radical (unpaired) electrons. The van der Waals surface area contributed by atoms with E-state index in [2.05, 4.69) is 5.32 Å². The van der Waals surface area contributed by atoms with Gasteiger partial charge in [-0.05, 0) is 19.6 Å². The molecule has 1 saturated heterocycles. The summed E-state index contributed by atoms with van der Waals surface area (Å²) in [4.78, 5) is 22.2. The molecule has 7 heteroatoms. The monoisotopic (exact) mass is 263 g/mol. The van der Waals surface area contributed by atoms with Gasteiger partial charge in [0.05, 0.1) is 6.10 Å². The van der Waals surface area contributed by atoms with Gasteiger partial charge < -0.3 is 14.5 Å². The number of carbonyl (C=O) groups excluding carboxylic acids is 2. The summed E-state index contributed by atoms with van der Waals surface area (Å²) in [7, 11) is -1.95. The Hall–Kier alpha value is -0.953. The predicted molar refractivity (Wildman–Crippen MR) is 61.4 cm³/mol. The summed E-state index contributed by atoms with van der Waals surface area (Å²) in [6, 6.07) is 0. The molecule has 5 nitrogen and oxygen atoms in total. The second-order valence-corrected chi connectivity index (χ2v) is 9.45. The van der Waals surface area contributed by atoms with Crippen LogP contribution in [0, 0.1) is 5.92 Å². The molecule has 0 aromatic heterocycles. The van der Waals surface area contributed by atoms with Crippen molar-refractivity contribution in [2.24, 2.45) is 5.92 Å². The van der Waals surface area contributed by atoms with Crippen LogP contribution >= 0.6 is 0 Å². The molecule has 0 saturated carbocycles. The summed E-state index contributed by atoms with van der Waals surface area (Å²) >= 11 is 0. The van der Waals surface area contributed by atoms with E-state index in [0.717, 1.165) is 0 Å². The van der Waals surface area contributed by atoms with Crippen molar-refractivity contribution < 1.29 is 23.1 Å². The van der Waals surface area contributed by atoms with Gasteiger partial charge in [-0.3, -0.25) is 9.59 Å². The van der Waals surface area contributed by atoms with E-state index < -0.39 is 39.2 Å². The van der Waals surface area contributed by atoms with Gasteiger partial charge in [-0.1, -0.05) is 0 Å². The molecule has 0 aliphatic carbocycles. The van der Waals surface area contributed by atoms with Gasteiger partial charge in [0.15, 0.2) is 14.5 Å². The number of halogens is 1. The standard InChI is InChI=1S/C10H18FNO4Si/c1-6(13)15-10-8(9(14)12-10)7(5-11)16-17(2,3)4/h7-8,10H,5H2,1-4H3,(H,12,14)/t7-,8+,10-/m1/s1. The van der Waals surface area contributed by atoms with Crippen molar-refractivity contribution in [2.45, 2.75) is 38.9 Å². The fraction of sp³-hybridized carbons (Fsp3) is 0.800. The van der Waals surface area contributed by atoms with E-state index in [1.165, 1.54) is 6.92 Å². The van der Waals surface area contributed by atoms with Crippen LogP contribution in [0.3, 0.4) is 0 Å². The van der Waals surface area contributed by atoms with Gasteiger partial charge in [0.1, 0.15) is 12.6 Å². The number of ether oxygens (including phenoxy) is 1. The molecule has 0 aromatic carbocycles. The van der Waals surface area contributed by atoms with Gasteiger partial charge in [-0.15, -0.1) is 0 Å². The average molecular weight is 263 g/mol. The maximum Gasteiger partial charge on any atom is 0.304 e. The molecule has 1 aliphatic rings. The number of esters is 1. The smallest absolute Gasteiger partial charge is 0.304 e. The number of nitrogens with one attached hydrogen (secondary N) is 1. The summed E-state index contributed by atoms with van der Waals surface area (Å²) < 4.78 is 23.4. The van der Waals surface area contributed by atoms with Crippen molar-refractivity contribution in [3.05, 3.63) is 0 Å². The molecule has 17 heavy (non-hydrogen) atoms. The lowest BCUT2D eigenvalue weighted by Gasteiger charge is -2.41. The van der Waals surface area contributed by atoms with E-state index in [1.807, 2.05) is 19.6 Å². The molecule has 1 rings (SSSR count). The maximum absolute atomic E-state index is 12.9. The van der Waals surface area contributed by atoms with Crippen molar-refractivity contribution in [1.82, 2.24) is 5.32 Å². The third-order valence-electron chi connectivity index (χ3n) is 2.26. The molecule has 0 unspecified atom stereocenters. The van der Waals surface area contributed by atoms with Crippen LogP contribution in [0.1, 0.15) is 6.92 Å². The second-order valence-electron chi connectivity index (χ2n) is 4.99. The predicted octanol–water partition coefficient (Wildman–Crippen LogP) is 0.811. The van der Waals surface area contributed by atoms with Gasteiger partial charge in [-0.2, -0.15) is 0 Å². The molecular weight excluding hydrogens is 245 g/mol.